The summed E-state index contributed by atoms with van der Waals surface area (Å²) < 4.78 is 6.74. The van der Waals surface area contributed by atoms with Gasteiger partial charge < -0.3 is 15.0 Å². The maximum absolute atomic E-state index is 13.2. The molecular weight excluding hydrogens is 460 g/mol. The number of methoxy groups -OCH3 is 1. The van der Waals surface area contributed by atoms with Crippen LogP contribution < -0.4 is 15.6 Å². The Labute approximate surface area is 200 Å². The van der Waals surface area contributed by atoms with E-state index in [1.807, 2.05) is 44.2 Å². The highest BCUT2D eigenvalue weighted by Crippen LogP contribution is 2.29. The Kier molecular flexibility index (Phi) is 6.76. The van der Waals surface area contributed by atoms with E-state index in [2.05, 4.69) is 10.3 Å². The fourth-order valence-corrected chi connectivity index (χ4v) is 4.70. The molecular formula is C24H23ClN4O3S. The van der Waals surface area contributed by atoms with Crippen molar-refractivity contribution >= 4 is 46.0 Å². The van der Waals surface area contributed by atoms with Gasteiger partial charge in [0, 0.05) is 23.5 Å². The van der Waals surface area contributed by atoms with E-state index in [1.54, 1.807) is 29.0 Å². The molecule has 0 aliphatic heterocycles. The highest BCUT2D eigenvalue weighted by atomic mass is 35.5. The first kappa shape index (κ1) is 22.9. The Morgan fingerprint density at radius 2 is 2.00 bits per heavy atom. The minimum Gasteiger partial charge on any atom is -0.495 e. The van der Waals surface area contributed by atoms with E-state index >= 15 is 0 Å². The normalized spacial score (nSPS) is 11.2. The summed E-state index contributed by atoms with van der Waals surface area (Å²) in [5.41, 5.74) is 3.24. The molecule has 0 aliphatic rings. The van der Waals surface area contributed by atoms with E-state index in [9.17, 15) is 9.59 Å². The standard InChI is InChI=1S/C24H23ClN4O3S/c1-14(2)29-23(31)22-21(17(12-26-22)15-7-5-4-6-8-15)28-24(29)33-13-20(30)27-16-9-10-19(32-3)18(25)11-16/h4-12,14,26H,13H2,1-3H3,(H,27,30). The number of benzene rings is 2. The second-order valence-corrected chi connectivity index (χ2v) is 8.99. The molecule has 0 fully saturated rings. The number of fused-ring (bicyclic) bond motifs is 1. The number of hydrogen-bond donors (Lipinski definition) is 2. The Hall–Kier alpha value is -3.23. The molecule has 0 bridgehead atoms. The van der Waals surface area contributed by atoms with Crippen LogP contribution in [0.1, 0.15) is 19.9 Å². The van der Waals surface area contributed by atoms with Crippen molar-refractivity contribution < 1.29 is 9.53 Å². The van der Waals surface area contributed by atoms with E-state index in [1.165, 1.54) is 18.9 Å². The van der Waals surface area contributed by atoms with Crippen molar-refractivity contribution in [3.05, 3.63) is 70.1 Å². The molecule has 9 heteroatoms. The number of anilines is 1. The Bertz CT molecular complexity index is 1370. The van der Waals surface area contributed by atoms with Crippen LogP contribution in [0.2, 0.25) is 5.02 Å². The zero-order chi connectivity index (χ0) is 23.5. The van der Waals surface area contributed by atoms with Gasteiger partial charge in [0.05, 0.1) is 17.9 Å². The third-order valence-corrected chi connectivity index (χ3v) is 6.32. The van der Waals surface area contributed by atoms with Crippen LogP contribution in [0.5, 0.6) is 5.75 Å². The van der Waals surface area contributed by atoms with Gasteiger partial charge in [-0.15, -0.1) is 0 Å². The van der Waals surface area contributed by atoms with Crippen LogP contribution in [0.15, 0.2) is 64.7 Å². The van der Waals surface area contributed by atoms with Gasteiger partial charge >= 0.3 is 0 Å². The van der Waals surface area contributed by atoms with Crippen LogP contribution in [0.4, 0.5) is 5.69 Å². The van der Waals surface area contributed by atoms with Crippen LogP contribution in [0.3, 0.4) is 0 Å². The van der Waals surface area contributed by atoms with Gasteiger partial charge in [0.25, 0.3) is 5.56 Å². The number of carbonyl (C=O) groups is 1. The van der Waals surface area contributed by atoms with Crippen molar-refractivity contribution in [1.82, 2.24) is 14.5 Å². The monoisotopic (exact) mass is 482 g/mol. The molecule has 0 spiro atoms. The first-order valence-corrected chi connectivity index (χ1v) is 11.7. The number of thioether (sulfide) groups is 1. The predicted octanol–water partition coefficient (Wildman–Crippen LogP) is 5.37. The number of halogens is 1. The van der Waals surface area contributed by atoms with Crippen molar-refractivity contribution in [2.24, 2.45) is 0 Å². The smallest absolute Gasteiger partial charge is 0.278 e. The first-order valence-electron chi connectivity index (χ1n) is 10.3. The summed E-state index contributed by atoms with van der Waals surface area (Å²) in [7, 11) is 1.53. The van der Waals surface area contributed by atoms with Gasteiger partial charge in [-0.2, -0.15) is 0 Å². The van der Waals surface area contributed by atoms with Crippen molar-refractivity contribution in [2.45, 2.75) is 25.0 Å². The molecule has 0 atom stereocenters. The summed E-state index contributed by atoms with van der Waals surface area (Å²) in [4.78, 5) is 33.7. The zero-order valence-corrected chi connectivity index (χ0v) is 20.0. The third kappa shape index (κ3) is 4.77. The summed E-state index contributed by atoms with van der Waals surface area (Å²) in [6.45, 7) is 3.83. The Morgan fingerprint density at radius 3 is 2.67 bits per heavy atom. The van der Waals surface area contributed by atoms with E-state index in [4.69, 9.17) is 21.3 Å². The number of amides is 1. The van der Waals surface area contributed by atoms with Gasteiger partial charge in [-0.05, 0) is 37.6 Å². The van der Waals surface area contributed by atoms with Gasteiger partial charge in [-0.3, -0.25) is 14.2 Å². The number of aromatic nitrogens is 3. The minimum absolute atomic E-state index is 0.0827. The Balaban J connectivity index is 1.62. The topological polar surface area (TPSA) is 89.0 Å². The molecule has 2 heterocycles. The fraction of sp³-hybridized carbons (Fsp3) is 0.208. The molecule has 33 heavy (non-hydrogen) atoms. The molecule has 1 amide bonds. The van der Waals surface area contributed by atoms with Crippen LogP contribution >= 0.6 is 23.4 Å². The maximum Gasteiger partial charge on any atom is 0.278 e. The van der Waals surface area contributed by atoms with E-state index in [0.717, 1.165) is 11.1 Å². The molecule has 0 unspecified atom stereocenters. The zero-order valence-electron chi connectivity index (χ0n) is 18.4. The van der Waals surface area contributed by atoms with Crippen LogP contribution in [-0.4, -0.2) is 33.3 Å². The second-order valence-electron chi connectivity index (χ2n) is 7.64. The lowest BCUT2D eigenvalue weighted by Gasteiger charge is -2.15. The number of aromatic amines is 1. The van der Waals surface area contributed by atoms with E-state index in [-0.39, 0.29) is 23.3 Å². The fourth-order valence-electron chi connectivity index (χ4n) is 3.52. The molecule has 0 aliphatic carbocycles. The molecule has 0 saturated carbocycles. The van der Waals surface area contributed by atoms with Crippen molar-refractivity contribution in [2.75, 3.05) is 18.2 Å². The van der Waals surface area contributed by atoms with Gasteiger partial charge in [0.2, 0.25) is 5.91 Å². The SMILES string of the molecule is COc1ccc(NC(=O)CSc2nc3c(-c4ccccc4)c[nH]c3c(=O)n2C(C)C)cc1Cl. The lowest BCUT2D eigenvalue weighted by molar-refractivity contribution is -0.113. The van der Waals surface area contributed by atoms with Crippen molar-refractivity contribution in [1.29, 1.82) is 0 Å². The quantitative estimate of drug-likeness (QED) is 0.273. The number of nitrogens with one attached hydrogen (secondary N) is 2. The van der Waals surface area contributed by atoms with Gasteiger partial charge in [0.15, 0.2) is 5.16 Å². The van der Waals surface area contributed by atoms with Crippen molar-refractivity contribution in [3.63, 3.8) is 0 Å². The summed E-state index contributed by atoms with van der Waals surface area (Å²) in [6, 6.07) is 14.7. The Morgan fingerprint density at radius 1 is 1.24 bits per heavy atom. The lowest BCUT2D eigenvalue weighted by Crippen LogP contribution is -2.25. The lowest BCUT2D eigenvalue weighted by atomic mass is 10.1. The van der Waals surface area contributed by atoms with E-state index < -0.39 is 0 Å². The van der Waals surface area contributed by atoms with Crippen molar-refractivity contribution in [3.8, 4) is 16.9 Å². The number of carbonyl (C=O) groups excluding carboxylic acids is 1. The summed E-state index contributed by atoms with van der Waals surface area (Å²) in [6.07, 6.45) is 1.80. The predicted molar refractivity (Wildman–Crippen MR) is 134 cm³/mol. The second kappa shape index (κ2) is 9.72. The largest absolute Gasteiger partial charge is 0.495 e. The molecule has 4 rings (SSSR count). The van der Waals surface area contributed by atoms with Crippen LogP contribution in [-0.2, 0) is 4.79 Å². The average molecular weight is 483 g/mol. The molecule has 2 N–H and O–H groups in total. The van der Waals surface area contributed by atoms with Crippen LogP contribution in [0, 0.1) is 0 Å². The molecule has 0 radical (unpaired) electrons. The number of H-pyrrole nitrogens is 1. The molecule has 2 aromatic heterocycles. The molecule has 4 aromatic rings. The molecule has 2 aromatic carbocycles. The summed E-state index contributed by atoms with van der Waals surface area (Å²) in [5, 5.41) is 3.71. The highest BCUT2D eigenvalue weighted by molar-refractivity contribution is 7.99. The van der Waals surface area contributed by atoms with E-state index in [0.29, 0.717) is 32.6 Å². The number of rotatable bonds is 7. The third-order valence-electron chi connectivity index (χ3n) is 5.07. The number of nitrogens with zero attached hydrogens (tertiary/aromatic N) is 2. The van der Waals surface area contributed by atoms with Gasteiger partial charge in [-0.25, -0.2) is 4.98 Å². The summed E-state index contributed by atoms with van der Waals surface area (Å²) >= 11 is 7.36. The van der Waals surface area contributed by atoms with Gasteiger partial charge in [0.1, 0.15) is 16.8 Å². The molecule has 170 valence electrons. The number of hydrogen-bond acceptors (Lipinski definition) is 5. The highest BCUT2D eigenvalue weighted by Gasteiger charge is 2.19. The first-order chi connectivity index (χ1) is 15.9. The summed E-state index contributed by atoms with van der Waals surface area (Å²) in [5.74, 6) is 0.380. The minimum atomic E-state index is -0.233. The molecule has 7 nitrogen and oxygen atoms in total. The average Bonchev–Trinajstić information content (AvgIpc) is 3.22. The molecule has 0 saturated heterocycles. The van der Waals surface area contributed by atoms with Crippen LogP contribution in [0.25, 0.3) is 22.2 Å². The van der Waals surface area contributed by atoms with Gasteiger partial charge in [-0.1, -0.05) is 53.7 Å². The number of ether oxygens (including phenoxy) is 1. The maximum atomic E-state index is 13.2.